The van der Waals surface area contributed by atoms with Crippen molar-refractivity contribution in [3.05, 3.63) is 41.0 Å². The van der Waals surface area contributed by atoms with Crippen molar-refractivity contribution in [2.75, 3.05) is 6.54 Å². The van der Waals surface area contributed by atoms with Crippen molar-refractivity contribution in [2.45, 2.75) is 26.7 Å². The average Bonchev–Trinajstić information content (AvgIpc) is 2.36. The first-order valence-electron chi connectivity index (χ1n) is 6.14. The summed E-state index contributed by atoms with van der Waals surface area (Å²) in [5.74, 6) is -0.299. The Hall–Kier alpha value is -2.08. The predicted molar refractivity (Wildman–Crippen MR) is 72.7 cm³/mol. The van der Waals surface area contributed by atoms with Crippen LogP contribution < -0.4 is 5.32 Å². The van der Waals surface area contributed by atoms with Crippen molar-refractivity contribution < 1.29 is 4.79 Å². The highest BCUT2D eigenvalue weighted by Crippen LogP contribution is 2.09. The van der Waals surface area contributed by atoms with Crippen LogP contribution in [-0.2, 0) is 4.79 Å². The van der Waals surface area contributed by atoms with Crippen LogP contribution in [0.25, 0.3) is 6.08 Å². The Kier molecular flexibility index (Phi) is 5.66. The molecule has 0 atom stereocenters. The number of nitriles is 1. The number of nitrogens with zero attached hydrogens (tertiary/aromatic N) is 1. The van der Waals surface area contributed by atoms with E-state index in [4.69, 9.17) is 5.26 Å². The van der Waals surface area contributed by atoms with Crippen LogP contribution in [0, 0.1) is 18.3 Å². The molecule has 1 aromatic rings. The molecule has 0 unspecified atom stereocenters. The van der Waals surface area contributed by atoms with Gasteiger partial charge < -0.3 is 5.32 Å². The lowest BCUT2D eigenvalue weighted by molar-refractivity contribution is -0.117. The van der Waals surface area contributed by atoms with Crippen LogP contribution >= 0.6 is 0 Å². The van der Waals surface area contributed by atoms with Crippen LogP contribution in [-0.4, -0.2) is 12.5 Å². The highest BCUT2D eigenvalue weighted by Gasteiger charge is 2.07. The largest absolute Gasteiger partial charge is 0.351 e. The van der Waals surface area contributed by atoms with Gasteiger partial charge in [0.15, 0.2) is 0 Å². The molecule has 0 heterocycles. The van der Waals surface area contributed by atoms with Gasteiger partial charge in [0.2, 0.25) is 0 Å². The molecule has 0 saturated carbocycles. The van der Waals surface area contributed by atoms with Gasteiger partial charge in [-0.1, -0.05) is 43.2 Å². The summed E-state index contributed by atoms with van der Waals surface area (Å²) < 4.78 is 0. The van der Waals surface area contributed by atoms with Crippen LogP contribution in [0.15, 0.2) is 29.8 Å². The van der Waals surface area contributed by atoms with Gasteiger partial charge in [0, 0.05) is 6.54 Å². The van der Waals surface area contributed by atoms with E-state index in [9.17, 15) is 4.79 Å². The molecule has 1 amide bonds. The predicted octanol–water partition coefficient (Wildman–Crippen LogP) is 2.82. The zero-order chi connectivity index (χ0) is 13.4. The number of carbonyl (C=O) groups excluding carboxylic acids is 1. The quantitative estimate of drug-likeness (QED) is 0.490. The minimum atomic E-state index is -0.299. The minimum Gasteiger partial charge on any atom is -0.351 e. The minimum absolute atomic E-state index is 0.150. The van der Waals surface area contributed by atoms with E-state index in [1.165, 1.54) is 0 Å². The summed E-state index contributed by atoms with van der Waals surface area (Å²) in [5.41, 5.74) is 2.13. The molecule has 0 aliphatic carbocycles. The Morgan fingerprint density at radius 1 is 1.50 bits per heavy atom. The van der Waals surface area contributed by atoms with Gasteiger partial charge >= 0.3 is 0 Å². The van der Waals surface area contributed by atoms with Gasteiger partial charge in [-0.05, 0) is 25.0 Å². The molecule has 0 aromatic heterocycles. The summed E-state index contributed by atoms with van der Waals surface area (Å²) in [4.78, 5) is 11.7. The van der Waals surface area contributed by atoms with E-state index in [1.807, 2.05) is 37.3 Å². The molecule has 1 aromatic carbocycles. The fraction of sp³-hybridized carbons (Fsp3) is 0.333. The van der Waals surface area contributed by atoms with E-state index < -0.39 is 0 Å². The molecular formula is C15H18N2O. The Balaban J connectivity index is 2.77. The first-order chi connectivity index (χ1) is 8.67. The number of unbranched alkanes of at least 4 members (excludes halogenated alkanes) is 1. The van der Waals surface area contributed by atoms with Gasteiger partial charge in [-0.2, -0.15) is 5.26 Å². The highest BCUT2D eigenvalue weighted by molar-refractivity contribution is 6.01. The third-order valence-electron chi connectivity index (χ3n) is 2.53. The second kappa shape index (κ2) is 7.29. The standard InChI is InChI=1S/C15H18N2O/c1-3-4-8-17-15(18)14(11-16)10-13-7-5-6-12(2)9-13/h5-7,9-10H,3-4,8H2,1-2H3,(H,17,18). The zero-order valence-electron chi connectivity index (χ0n) is 10.9. The van der Waals surface area contributed by atoms with Gasteiger partial charge in [-0.25, -0.2) is 0 Å². The number of carbonyl (C=O) groups is 1. The van der Waals surface area contributed by atoms with E-state index in [0.717, 1.165) is 24.0 Å². The Bertz CT molecular complexity index is 484. The van der Waals surface area contributed by atoms with Crippen LogP contribution in [0.1, 0.15) is 30.9 Å². The lowest BCUT2D eigenvalue weighted by Gasteiger charge is -2.03. The number of benzene rings is 1. The van der Waals surface area contributed by atoms with Crippen LogP contribution in [0.5, 0.6) is 0 Å². The van der Waals surface area contributed by atoms with Crippen molar-refractivity contribution in [3.63, 3.8) is 0 Å². The molecule has 0 radical (unpaired) electrons. The zero-order valence-corrected chi connectivity index (χ0v) is 10.9. The number of aryl methyl sites for hydroxylation is 1. The van der Waals surface area contributed by atoms with Gasteiger partial charge in [-0.3, -0.25) is 4.79 Å². The van der Waals surface area contributed by atoms with Crippen molar-refractivity contribution in [2.24, 2.45) is 0 Å². The normalized spacial score (nSPS) is 10.8. The Labute approximate surface area is 108 Å². The van der Waals surface area contributed by atoms with E-state index in [2.05, 4.69) is 12.2 Å². The lowest BCUT2D eigenvalue weighted by Crippen LogP contribution is -2.25. The molecule has 3 nitrogen and oxygen atoms in total. The maximum atomic E-state index is 11.7. The van der Waals surface area contributed by atoms with Gasteiger partial charge in [0.05, 0.1) is 0 Å². The van der Waals surface area contributed by atoms with E-state index in [-0.39, 0.29) is 11.5 Å². The number of amides is 1. The van der Waals surface area contributed by atoms with Crippen molar-refractivity contribution in [1.29, 1.82) is 5.26 Å². The number of rotatable bonds is 5. The number of hydrogen-bond donors (Lipinski definition) is 1. The molecule has 94 valence electrons. The van der Waals surface area contributed by atoms with Crippen LogP contribution in [0.3, 0.4) is 0 Å². The lowest BCUT2D eigenvalue weighted by atomic mass is 10.1. The molecule has 0 saturated heterocycles. The maximum absolute atomic E-state index is 11.7. The molecule has 18 heavy (non-hydrogen) atoms. The van der Waals surface area contributed by atoms with Crippen LogP contribution in [0.2, 0.25) is 0 Å². The summed E-state index contributed by atoms with van der Waals surface area (Å²) in [7, 11) is 0. The molecule has 3 heteroatoms. The third-order valence-corrected chi connectivity index (χ3v) is 2.53. The first kappa shape index (κ1) is 14.0. The topological polar surface area (TPSA) is 52.9 Å². The molecule has 0 aliphatic heterocycles. The monoisotopic (exact) mass is 242 g/mol. The summed E-state index contributed by atoms with van der Waals surface area (Å²) in [6, 6.07) is 9.65. The van der Waals surface area contributed by atoms with E-state index in [0.29, 0.717) is 6.54 Å². The third kappa shape index (κ3) is 4.42. The van der Waals surface area contributed by atoms with Gasteiger partial charge in [-0.15, -0.1) is 0 Å². The average molecular weight is 242 g/mol. The van der Waals surface area contributed by atoms with Crippen LogP contribution in [0.4, 0.5) is 0 Å². The van der Waals surface area contributed by atoms with Gasteiger partial charge in [0.25, 0.3) is 5.91 Å². The summed E-state index contributed by atoms with van der Waals surface area (Å²) >= 11 is 0. The Morgan fingerprint density at radius 3 is 2.89 bits per heavy atom. The first-order valence-corrected chi connectivity index (χ1v) is 6.14. The van der Waals surface area contributed by atoms with E-state index >= 15 is 0 Å². The SMILES string of the molecule is CCCCNC(=O)C(C#N)=Cc1cccc(C)c1. The molecule has 1 rings (SSSR count). The van der Waals surface area contributed by atoms with Crippen molar-refractivity contribution >= 4 is 12.0 Å². The Morgan fingerprint density at radius 2 is 2.28 bits per heavy atom. The number of hydrogen-bond acceptors (Lipinski definition) is 2. The molecule has 1 N–H and O–H groups in total. The summed E-state index contributed by atoms with van der Waals surface area (Å²) in [5, 5.41) is 11.7. The second-order valence-electron chi connectivity index (χ2n) is 4.19. The van der Waals surface area contributed by atoms with Crippen molar-refractivity contribution in [1.82, 2.24) is 5.32 Å². The maximum Gasteiger partial charge on any atom is 0.261 e. The molecule has 0 bridgehead atoms. The summed E-state index contributed by atoms with van der Waals surface area (Å²) in [6.45, 7) is 4.65. The summed E-state index contributed by atoms with van der Waals surface area (Å²) in [6.07, 6.45) is 3.56. The molecular weight excluding hydrogens is 224 g/mol. The van der Waals surface area contributed by atoms with Gasteiger partial charge in [0.1, 0.15) is 11.6 Å². The fourth-order valence-corrected chi connectivity index (χ4v) is 1.55. The van der Waals surface area contributed by atoms with Crippen molar-refractivity contribution in [3.8, 4) is 6.07 Å². The smallest absolute Gasteiger partial charge is 0.261 e. The second-order valence-corrected chi connectivity index (χ2v) is 4.19. The number of nitrogens with one attached hydrogen (secondary N) is 1. The van der Waals surface area contributed by atoms with E-state index in [1.54, 1.807) is 6.08 Å². The highest BCUT2D eigenvalue weighted by atomic mass is 16.1. The molecule has 0 aliphatic rings. The fourth-order valence-electron chi connectivity index (χ4n) is 1.55. The molecule has 0 spiro atoms. The molecule has 0 fully saturated rings.